The first kappa shape index (κ1) is 13.7. The maximum atomic E-state index is 12.4. The number of thiol groups is 1. The number of carbonyl (C=O) groups is 1. The summed E-state index contributed by atoms with van der Waals surface area (Å²) in [5.41, 5.74) is 0.267. The third kappa shape index (κ3) is 3.10. The fourth-order valence-electron chi connectivity index (χ4n) is 3.55. The Balaban J connectivity index is 1.49. The lowest BCUT2D eigenvalue weighted by molar-refractivity contribution is -0.131. The Morgan fingerprint density at radius 3 is 2.53 bits per heavy atom. The fourth-order valence-corrected chi connectivity index (χ4v) is 3.98. The van der Waals surface area contributed by atoms with Crippen LogP contribution < -0.4 is 0 Å². The highest BCUT2D eigenvalue weighted by atomic mass is 32.1. The molecule has 1 saturated carbocycles. The standard InChI is InChI=1S/C15H26N2OS/c18-14(10-15(12-19)5-6-15)17-9-4-13(11-17)16-7-2-1-3-8-16/h13,19H,1-12H2. The molecule has 0 aromatic heterocycles. The van der Waals surface area contributed by atoms with Gasteiger partial charge in [0.15, 0.2) is 0 Å². The summed E-state index contributed by atoms with van der Waals surface area (Å²) in [7, 11) is 0. The molecule has 2 saturated heterocycles. The molecule has 2 heterocycles. The molecule has 4 heteroatoms. The summed E-state index contributed by atoms with van der Waals surface area (Å²) in [6.07, 6.45) is 8.39. The Morgan fingerprint density at radius 1 is 1.16 bits per heavy atom. The summed E-state index contributed by atoms with van der Waals surface area (Å²) in [6.45, 7) is 4.44. The van der Waals surface area contributed by atoms with Crippen molar-refractivity contribution < 1.29 is 4.79 Å². The molecule has 108 valence electrons. The SMILES string of the molecule is O=C(CC1(CS)CC1)N1CCC(N2CCCCC2)C1. The van der Waals surface area contributed by atoms with E-state index in [4.69, 9.17) is 0 Å². The predicted molar refractivity (Wildman–Crippen MR) is 80.5 cm³/mol. The minimum Gasteiger partial charge on any atom is -0.341 e. The molecule has 0 aromatic rings. The van der Waals surface area contributed by atoms with Crippen molar-refractivity contribution >= 4 is 18.5 Å². The summed E-state index contributed by atoms with van der Waals surface area (Å²) in [5.74, 6) is 1.26. The van der Waals surface area contributed by atoms with E-state index >= 15 is 0 Å². The summed E-state index contributed by atoms with van der Waals surface area (Å²) < 4.78 is 0. The molecule has 0 aromatic carbocycles. The van der Waals surface area contributed by atoms with Crippen LogP contribution in [0.1, 0.15) is 44.9 Å². The summed E-state index contributed by atoms with van der Waals surface area (Å²) >= 11 is 4.40. The second-order valence-electron chi connectivity index (χ2n) is 6.71. The van der Waals surface area contributed by atoms with Gasteiger partial charge in [0.1, 0.15) is 0 Å². The average molecular weight is 282 g/mol. The third-order valence-corrected chi connectivity index (χ3v) is 5.91. The molecule has 1 atom stereocenters. The van der Waals surface area contributed by atoms with Crippen LogP contribution in [0.3, 0.4) is 0 Å². The van der Waals surface area contributed by atoms with Crippen molar-refractivity contribution in [2.75, 3.05) is 31.9 Å². The van der Waals surface area contributed by atoms with E-state index in [1.165, 1.54) is 51.6 Å². The van der Waals surface area contributed by atoms with Crippen molar-refractivity contribution in [2.24, 2.45) is 5.41 Å². The molecule has 0 spiro atoms. The van der Waals surface area contributed by atoms with Gasteiger partial charge in [-0.15, -0.1) is 0 Å². The predicted octanol–water partition coefficient (Wildman–Crippen LogP) is 2.17. The number of hydrogen-bond acceptors (Lipinski definition) is 3. The van der Waals surface area contributed by atoms with Crippen molar-refractivity contribution in [2.45, 2.75) is 51.0 Å². The monoisotopic (exact) mass is 282 g/mol. The first-order valence-electron chi connectivity index (χ1n) is 7.85. The lowest BCUT2D eigenvalue weighted by atomic mass is 10.0. The van der Waals surface area contributed by atoms with Gasteiger partial charge in [-0.05, 0) is 56.4 Å². The Morgan fingerprint density at radius 2 is 1.89 bits per heavy atom. The molecule has 3 aliphatic rings. The van der Waals surface area contributed by atoms with Crippen LogP contribution in [-0.2, 0) is 4.79 Å². The number of rotatable bonds is 4. The maximum Gasteiger partial charge on any atom is 0.223 e. The van der Waals surface area contributed by atoms with Crippen molar-refractivity contribution in [3.63, 3.8) is 0 Å². The number of carbonyl (C=O) groups excluding carboxylic acids is 1. The van der Waals surface area contributed by atoms with Crippen LogP contribution in [-0.4, -0.2) is 53.7 Å². The number of likely N-dealkylation sites (tertiary alicyclic amines) is 2. The van der Waals surface area contributed by atoms with Gasteiger partial charge in [0, 0.05) is 25.6 Å². The maximum absolute atomic E-state index is 12.4. The average Bonchev–Trinajstić information content (AvgIpc) is 3.04. The van der Waals surface area contributed by atoms with Gasteiger partial charge < -0.3 is 4.90 Å². The zero-order chi connectivity index (χ0) is 13.3. The van der Waals surface area contributed by atoms with Crippen molar-refractivity contribution in [3.05, 3.63) is 0 Å². The zero-order valence-electron chi connectivity index (χ0n) is 11.8. The molecule has 0 radical (unpaired) electrons. The molecule has 1 amide bonds. The second-order valence-corrected chi connectivity index (χ2v) is 7.03. The Hall–Kier alpha value is -0.220. The minimum atomic E-state index is 0.267. The van der Waals surface area contributed by atoms with E-state index < -0.39 is 0 Å². The molecule has 0 bridgehead atoms. The van der Waals surface area contributed by atoms with Crippen molar-refractivity contribution in [1.82, 2.24) is 9.80 Å². The van der Waals surface area contributed by atoms with E-state index in [0.29, 0.717) is 11.9 Å². The van der Waals surface area contributed by atoms with E-state index in [1.54, 1.807) is 0 Å². The van der Waals surface area contributed by atoms with Gasteiger partial charge in [0.25, 0.3) is 0 Å². The highest BCUT2D eigenvalue weighted by Crippen LogP contribution is 2.50. The Bertz CT molecular complexity index is 337. The van der Waals surface area contributed by atoms with Crippen LogP contribution in [0.15, 0.2) is 0 Å². The van der Waals surface area contributed by atoms with Gasteiger partial charge in [0.05, 0.1) is 0 Å². The Labute approximate surface area is 122 Å². The molecular formula is C15H26N2OS. The fraction of sp³-hybridized carbons (Fsp3) is 0.933. The molecule has 1 unspecified atom stereocenters. The van der Waals surface area contributed by atoms with Crippen LogP contribution in [0.4, 0.5) is 0 Å². The Kier molecular flexibility index (Phi) is 4.08. The van der Waals surface area contributed by atoms with Crippen LogP contribution in [0.2, 0.25) is 0 Å². The number of piperidine rings is 1. The summed E-state index contributed by atoms with van der Waals surface area (Å²) in [4.78, 5) is 17.1. The molecular weight excluding hydrogens is 256 g/mol. The van der Waals surface area contributed by atoms with Gasteiger partial charge in [0.2, 0.25) is 5.91 Å². The second kappa shape index (κ2) is 5.65. The summed E-state index contributed by atoms with van der Waals surface area (Å²) in [5, 5.41) is 0. The van der Waals surface area contributed by atoms with Gasteiger partial charge in [-0.2, -0.15) is 12.6 Å². The summed E-state index contributed by atoms with van der Waals surface area (Å²) in [6, 6.07) is 0.635. The van der Waals surface area contributed by atoms with E-state index in [-0.39, 0.29) is 5.41 Å². The highest BCUT2D eigenvalue weighted by molar-refractivity contribution is 7.80. The normalized spacial score (nSPS) is 30.6. The molecule has 3 rings (SSSR count). The number of amides is 1. The lowest BCUT2D eigenvalue weighted by Gasteiger charge is -2.32. The van der Waals surface area contributed by atoms with Gasteiger partial charge >= 0.3 is 0 Å². The molecule has 3 fully saturated rings. The van der Waals surface area contributed by atoms with Gasteiger partial charge in [-0.3, -0.25) is 9.69 Å². The molecule has 1 aliphatic carbocycles. The topological polar surface area (TPSA) is 23.6 Å². The highest BCUT2D eigenvalue weighted by Gasteiger charge is 2.44. The lowest BCUT2D eigenvalue weighted by Crippen LogP contribution is -2.41. The van der Waals surface area contributed by atoms with E-state index in [9.17, 15) is 4.79 Å². The van der Waals surface area contributed by atoms with Crippen molar-refractivity contribution in [1.29, 1.82) is 0 Å². The van der Waals surface area contributed by atoms with E-state index in [2.05, 4.69) is 22.4 Å². The van der Waals surface area contributed by atoms with Crippen LogP contribution in [0, 0.1) is 5.41 Å². The molecule has 19 heavy (non-hydrogen) atoms. The largest absolute Gasteiger partial charge is 0.341 e. The van der Waals surface area contributed by atoms with Gasteiger partial charge in [-0.25, -0.2) is 0 Å². The van der Waals surface area contributed by atoms with Crippen molar-refractivity contribution in [3.8, 4) is 0 Å². The minimum absolute atomic E-state index is 0.267. The van der Waals surface area contributed by atoms with E-state index in [1.807, 2.05) is 0 Å². The van der Waals surface area contributed by atoms with Crippen LogP contribution >= 0.6 is 12.6 Å². The zero-order valence-corrected chi connectivity index (χ0v) is 12.7. The quantitative estimate of drug-likeness (QED) is 0.799. The first-order chi connectivity index (χ1) is 9.22. The van der Waals surface area contributed by atoms with E-state index in [0.717, 1.165) is 25.3 Å². The number of nitrogens with zero attached hydrogens (tertiary/aromatic N) is 2. The smallest absolute Gasteiger partial charge is 0.223 e. The molecule has 2 aliphatic heterocycles. The third-order valence-electron chi connectivity index (χ3n) is 5.24. The number of hydrogen-bond donors (Lipinski definition) is 1. The van der Waals surface area contributed by atoms with Crippen LogP contribution in [0.5, 0.6) is 0 Å². The van der Waals surface area contributed by atoms with Gasteiger partial charge in [-0.1, -0.05) is 6.42 Å². The van der Waals surface area contributed by atoms with Crippen LogP contribution in [0.25, 0.3) is 0 Å². The first-order valence-corrected chi connectivity index (χ1v) is 8.48. The molecule has 3 nitrogen and oxygen atoms in total. The molecule has 0 N–H and O–H groups in total.